The van der Waals surface area contributed by atoms with E-state index in [2.05, 4.69) is 14.9 Å². The molecule has 0 radical (unpaired) electrons. The van der Waals surface area contributed by atoms with Gasteiger partial charge in [-0.05, 0) is 6.92 Å². The van der Waals surface area contributed by atoms with Crippen molar-refractivity contribution in [3.63, 3.8) is 0 Å². The molecule has 9 heteroatoms. The minimum Gasteiger partial charge on any atom is -0.569 e. The maximum Gasteiger partial charge on any atom is 0.329 e. The highest BCUT2D eigenvalue weighted by Gasteiger charge is 2.14. The summed E-state index contributed by atoms with van der Waals surface area (Å²) < 4.78 is 4.48. The fourth-order valence-corrected chi connectivity index (χ4v) is 0.768. The zero-order valence-electron chi connectivity index (χ0n) is 9.66. The highest BCUT2D eigenvalue weighted by molar-refractivity contribution is 5.69. The Kier molecular flexibility index (Phi) is 7.15. The second-order valence-corrected chi connectivity index (χ2v) is 2.83. The van der Waals surface area contributed by atoms with Gasteiger partial charge in [-0.1, -0.05) is 6.92 Å². The number of carbonyl (C=O) groups excluding carboxylic acids is 1. The molecule has 0 bridgehead atoms. The fourth-order valence-electron chi connectivity index (χ4n) is 0.768. The van der Waals surface area contributed by atoms with Crippen LogP contribution in [0.25, 0.3) is 0 Å². The van der Waals surface area contributed by atoms with Crippen molar-refractivity contribution < 1.29 is 29.2 Å². The van der Waals surface area contributed by atoms with Crippen LogP contribution < -0.4 is 0 Å². The Hall–Kier alpha value is -2.06. The number of carboxylic acid groups (broad SMARTS) is 1. The van der Waals surface area contributed by atoms with E-state index >= 15 is 0 Å². The second kappa shape index (κ2) is 8.13. The lowest BCUT2D eigenvalue weighted by Crippen LogP contribution is -2.35. The first-order valence-corrected chi connectivity index (χ1v) is 4.93. The van der Waals surface area contributed by atoms with Crippen molar-refractivity contribution >= 4 is 11.9 Å². The number of ether oxygens (including phenoxy) is 1. The molecule has 0 aliphatic heterocycles. The number of hydrazine groups is 1. The van der Waals surface area contributed by atoms with Gasteiger partial charge in [0.15, 0.2) is 6.54 Å². The van der Waals surface area contributed by atoms with Crippen LogP contribution in [0, 0.1) is 5.21 Å². The van der Waals surface area contributed by atoms with Crippen LogP contribution in [0.3, 0.4) is 0 Å². The monoisotopic (exact) mass is 249 g/mol. The zero-order valence-corrected chi connectivity index (χ0v) is 9.66. The molecule has 0 saturated heterocycles. The maximum atomic E-state index is 11.2. The van der Waals surface area contributed by atoms with Crippen LogP contribution >= 0.6 is 0 Å². The first-order valence-electron chi connectivity index (χ1n) is 4.93. The van der Waals surface area contributed by atoms with Gasteiger partial charge in [0, 0.05) is 6.42 Å². The SMILES string of the molecule is CCC(=O)OCO/N=[N+](\[O-])N(CC)CC(=O)O. The predicted octanol–water partition coefficient (Wildman–Crippen LogP) is 0.113. The molecule has 0 spiro atoms. The minimum atomic E-state index is -1.17. The molecule has 0 amide bonds. The van der Waals surface area contributed by atoms with Gasteiger partial charge in [0.05, 0.1) is 11.5 Å². The lowest BCUT2D eigenvalue weighted by Gasteiger charge is -2.13. The summed E-state index contributed by atoms with van der Waals surface area (Å²) in [6.45, 7) is 2.35. The quantitative estimate of drug-likeness (QED) is 0.162. The van der Waals surface area contributed by atoms with E-state index in [1.54, 1.807) is 13.8 Å². The lowest BCUT2D eigenvalue weighted by atomic mass is 10.5. The van der Waals surface area contributed by atoms with Crippen molar-refractivity contribution in [3.8, 4) is 0 Å². The van der Waals surface area contributed by atoms with Gasteiger partial charge >= 0.3 is 11.9 Å². The summed E-state index contributed by atoms with van der Waals surface area (Å²) >= 11 is 0. The largest absolute Gasteiger partial charge is 0.569 e. The van der Waals surface area contributed by atoms with Crippen LogP contribution in [0.1, 0.15) is 20.3 Å². The fraction of sp³-hybridized carbons (Fsp3) is 0.750. The molecular formula is C8H15N3O6. The molecule has 0 fully saturated rings. The molecule has 0 heterocycles. The van der Waals surface area contributed by atoms with Gasteiger partial charge in [0.25, 0.3) is 6.79 Å². The molecule has 98 valence electrons. The average molecular weight is 249 g/mol. The third kappa shape index (κ3) is 6.93. The number of carbonyl (C=O) groups is 2. The highest BCUT2D eigenvalue weighted by atomic mass is 16.8. The third-order valence-corrected chi connectivity index (χ3v) is 1.61. The molecule has 0 aromatic rings. The van der Waals surface area contributed by atoms with Crippen LogP contribution in [0.2, 0.25) is 0 Å². The molecule has 0 aliphatic rings. The molecule has 0 aromatic carbocycles. The van der Waals surface area contributed by atoms with Crippen molar-refractivity contribution in [1.29, 1.82) is 0 Å². The van der Waals surface area contributed by atoms with Crippen molar-refractivity contribution in [2.75, 3.05) is 19.9 Å². The van der Waals surface area contributed by atoms with E-state index in [1.165, 1.54) is 0 Å². The van der Waals surface area contributed by atoms with Crippen LogP contribution in [0.5, 0.6) is 0 Å². The van der Waals surface area contributed by atoms with Crippen LogP contribution in [-0.2, 0) is 19.2 Å². The Morgan fingerprint density at radius 2 is 2.12 bits per heavy atom. The Bertz CT molecular complexity index is 293. The Balaban J connectivity index is 4.04. The first kappa shape index (κ1) is 14.9. The molecule has 0 unspecified atom stereocenters. The number of aliphatic carboxylic acids is 1. The van der Waals surface area contributed by atoms with Crippen LogP contribution in [0.15, 0.2) is 5.28 Å². The number of hydrogen-bond donors (Lipinski definition) is 1. The predicted molar refractivity (Wildman–Crippen MR) is 53.3 cm³/mol. The summed E-state index contributed by atoms with van der Waals surface area (Å²) in [5.74, 6) is -1.66. The molecule has 9 nitrogen and oxygen atoms in total. The van der Waals surface area contributed by atoms with E-state index in [0.717, 1.165) is 5.01 Å². The molecule has 0 saturated carbocycles. The summed E-state index contributed by atoms with van der Waals surface area (Å²) in [4.78, 5) is 25.4. The second-order valence-electron chi connectivity index (χ2n) is 2.83. The number of hydrogen-bond acceptors (Lipinski definition) is 6. The van der Waals surface area contributed by atoms with Crippen molar-refractivity contribution in [2.24, 2.45) is 5.28 Å². The normalized spacial score (nSPS) is 10.8. The molecule has 17 heavy (non-hydrogen) atoms. The Morgan fingerprint density at radius 1 is 1.47 bits per heavy atom. The molecule has 0 atom stereocenters. The standard InChI is InChI=1S/C8H15N3O6/c1-3-8(14)16-6-17-9-11(15)10(4-2)5-7(12)13/h3-6H2,1-2H3,(H,12,13)/b11-9-. The Morgan fingerprint density at radius 3 is 2.59 bits per heavy atom. The smallest absolute Gasteiger partial charge is 0.329 e. The summed E-state index contributed by atoms with van der Waals surface area (Å²) in [6.07, 6.45) is 0.185. The number of likely N-dealkylation sites (N-methyl/N-ethyl adjacent to an activating group) is 1. The van der Waals surface area contributed by atoms with E-state index in [0.29, 0.717) is 0 Å². The molecule has 0 aliphatic carbocycles. The van der Waals surface area contributed by atoms with Gasteiger partial charge in [-0.15, -0.1) is 5.01 Å². The van der Waals surface area contributed by atoms with Gasteiger partial charge in [0.1, 0.15) is 0 Å². The zero-order chi connectivity index (χ0) is 13.3. The first-order chi connectivity index (χ1) is 8.01. The van der Waals surface area contributed by atoms with Crippen molar-refractivity contribution in [1.82, 2.24) is 5.01 Å². The van der Waals surface area contributed by atoms with E-state index in [4.69, 9.17) is 5.11 Å². The number of rotatable bonds is 8. The lowest BCUT2D eigenvalue weighted by molar-refractivity contribution is -0.709. The molecule has 1 N–H and O–H groups in total. The average Bonchev–Trinajstić information content (AvgIpc) is 2.30. The summed E-state index contributed by atoms with van der Waals surface area (Å²) in [7, 11) is 0. The topological polar surface area (TPSA) is 114 Å². The minimum absolute atomic E-state index is 0.00605. The van der Waals surface area contributed by atoms with Gasteiger partial charge in [-0.2, -0.15) is 0 Å². The van der Waals surface area contributed by atoms with Crippen molar-refractivity contribution in [3.05, 3.63) is 5.21 Å². The molecular weight excluding hydrogens is 234 g/mol. The van der Waals surface area contributed by atoms with E-state index < -0.39 is 25.3 Å². The van der Waals surface area contributed by atoms with Crippen molar-refractivity contribution in [2.45, 2.75) is 20.3 Å². The number of nitrogens with zero attached hydrogens (tertiary/aromatic N) is 3. The van der Waals surface area contributed by atoms with Gasteiger partial charge in [0.2, 0.25) is 5.28 Å². The summed E-state index contributed by atoms with van der Waals surface area (Å²) in [5.41, 5.74) is 0. The van der Waals surface area contributed by atoms with E-state index in [-0.39, 0.29) is 17.9 Å². The molecule has 0 aromatic heterocycles. The van der Waals surface area contributed by atoms with Gasteiger partial charge < -0.3 is 19.9 Å². The third-order valence-electron chi connectivity index (χ3n) is 1.61. The summed E-state index contributed by atoms with van der Waals surface area (Å²) in [5, 5.41) is 23.5. The highest BCUT2D eigenvalue weighted by Crippen LogP contribution is 1.92. The molecule has 0 rings (SSSR count). The van der Waals surface area contributed by atoms with Crippen LogP contribution in [-0.4, -0.2) is 46.9 Å². The maximum absolute atomic E-state index is 11.2. The Labute approximate surface area is 97.7 Å². The summed E-state index contributed by atoms with van der Waals surface area (Å²) in [6, 6.07) is 0. The number of carboxylic acids is 1. The van der Waals surface area contributed by atoms with Gasteiger partial charge in [-0.25, -0.2) is 0 Å². The number of esters is 1. The van der Waals surface area contributed by atoms with Gasteiger partial charge in [-0.3, -0.25) is 9.59 Å². The van der Waals surface area contributed by atoms with E-state index in [9.17, 15) is 14.8 Å². The van der Waals surface area contributed by atoms with E-state index in [1.807, 2.05) is 0 Å². The van der Waals surface area contributed by atoms with Crippen LogP contribution in [0.4, 0.5) is 0 Å².